The van der Waals surface area contributed by atoms with E-state index in [0.29, 0.717) is 23.9 Å². The third-order valence-electron chi connectivity index (χ3n) is 3.51. The van der Waals surface area contributed by atoms with E-state index in [1.807, 2.05) is 6.92 Å². The highest BCUT2D eigenvalue weighted by molar-refractivity contribution is 7.89. The van der Waals surface area contributed by atoms with Crippen LogP contribution < -0.4 is 10.5 Å². The molecule has 3 N–H and O–H groups in total. The van der Waals surface area contributed by atoms with Crippen LogP contribution in [-0.4, -0.2) is 20.9 Å². The number of halogens is 1. The van der Waals surface area contributed by atoms with Crippen molar-refractivity contribution in [1.29, 1.82) is 0 Å². The van der Waals surface area contributed by atoms with Gasteiger partial charge in [0.05, 0.1) is 5.02 Å². The van der Waals surface area contributed by atoms with Gasteiger partial charge >= 0.3 is 0 Å². The Hall–Kier alpha value is -1.11. The van der Waals surface area contributed by atoms with E-state index in [4.69, 9.17) is 16.7 Å². The lowest BCUT2D eigenvalue weighted by molar-refractivity contribution is 0.0944. The number of nitrogens with one attached hydrogen (secondary N) is 1. The molecule has 1 rings (SSSR count). The zero-order valence-electron chi connectivity index (χ0n) is 12.6. The second-order valence-corrected chi connectivity index (χ2v) is 7.49. The number of hydrogen-bond acceptors (Lipinski definition) is 3. The van der Waals surface area contributed by atoms with Crippen molar-refractivity contribution in [3.05, 3.63) is 28.3 Å². The topological polar surface area (TPSA) is 89.3 Å². The molecule has 0 aliphatic carbocycles. The first-order valence-corrected chi connectivity index (χ1v) is 8.57. The fourth-order valence-corrected chi connectivity index (χ4v) is 2.80. The molecule has 0 radical (unpaired) electrons. The number of hydrogen-bond donors (Lipinski definition) is 2. The monoisotopic (exact) mass is 332 g/mol. The molecule has 0 bridgehead atoms. The Morgan fingerprint density at radius 3 is 2.38 bits per heavy atom. The predicted molar refractivity (Wildman–Crippen MR) is 83.9 cm³/mol. The van der Waals surface area contributed by atoms with Crippen LogP contribution in [0.25, 0.3) is 0 Å². The number of primary sulfonamides is 1. The van der Waals surface area contributed by atoms with Crippen molar-refractivity contribution in [2.45, 2.75) is 32.6 Å². The van der Waals surface area contributed by atoms with Crippen LogP contribution in [0.2, 0.25) is 5.02 Å². The summed E-state index contributed by atoms with van der Waals surface area (Å²) in [6.45, 7) is 8.33. The van der Waals surface area contributed by atoms with Crippen molar-refractivity contribution in [1.82, 2.24) is 5.32 Å². The number of sulfonamides is 1. The summed E-state index contributed by atoms with van der Waals surface area (Å²) in [4.78, 5) is 11.9. The molecule has 0 saturated carbocycles. The number of benzene rings is 1. The molecule has 0 aromatic heterocycles. The summed E-state index contributed by atoms with van der Waals surface area (Å²) >= 11 is 5.93. The van der Waals surface area contributed by atoms with Gasteiger partial charge in [-0.05, 0) is 36.5 Å². The Morgan fingerprint density at radius 2 is 1.90 bits per heavy atom. The summed E-state index contributed by atoms with van der Waals surface area (Å²) in [6, 6.07) is 2.76. The average Bonchev–Trinajstić information content (AvgIpc) is 2.36. The van der Waals surface area contributed by atoms with Crippen LogP contribution >= 0.6 is 11.6 Å². The molecule has 0 aliphatic heterocycles. The summed E-state index contributed by atoms with van der Waals surface area (Å²) in [5.74, 6) is 0.421. The van der Waals surface area contributed by atoms with Crippen molar-refractivity contribution >= 4 is 27.5 Å². The van der Waals surface area contributed by atoms with E-state index in [9.17, 15) is 13.2 Å². The lowest BCUT2D eigenvalue weighted by Gasteiger charge is -2.16. The first kappa shape index (κ1) is 17.9. The van der Waals surface area contributed by atoms with E-state index in [1.165, 1.54) is 6.07 Å². The standard InChI is InChI=1S/C14H21ClN2O3S/c1-8(2)10(4)7-17-14(18)11-5-9(3)13(15)12(6-11)21(16,19)20/h5-6,8,10H,7H2,1-4H3,(H,17,18)(H2,16,19,20). The van der Waals surface area contributed by atoms with Crippen LogP contribution in [0.4, 0.5) is 0 Å². The van der Waals surface area contributed by atoms with Gasteiger partial charge in [0, 0.05) is 12.1 Å². The van der Waals surface area contributed by atoms with Gasteiger partial charge in [-0.15, -0.1) is 0 Å². The van der Waals surface area contributed by atoms with E-state index in [1.54, 1.807) is 13.0 Å². The molecule has 1 aromatic carbocycles. The molecule has 1 unspecified atom stereocenters. The molecule has 1 amide bonds. The Balaban J connectivity index is 3.04. The van der Waals surface area contributed by atoms with Gasteiger partial charge in [0.1, 0.15) is 4.90 Å². The molecule has 1 atom stereocenters. The largest absolute Gasteiger partial charge is 0.352 e. The maximum absolute atomic E-state index is 12.1. The third-order valence-corrected chi connectivity index (χ3v) is 5.06. The number of rotatable bonds is 5. The molecular formula is C14H21ClN2O3S. The minimum atomic E-state index is -3.97. The van der Waals surface area contributed by atoms with Gasteiger partial charge in [0.25, 0.3) is 5.91 Å². The molecule has 1 aromatic rings. The molecule has 0 fully saturated rings. The zero-order valence-corrected chi connectivity index (χ0v) is 14.2. The van der Waals surface area contributed by atoms with Crippen molar-refractivity contribution in [2.75, 3.05) is 6.54 Å². The van der Waals surface area contributed by atoms with Gasteiger partial charge in [-0.2, -0.15) is 0 Å². The number of aryl methyl sites for hydroxylation is 1. The minimum absolute atomic E-state index is 0.0459. The number of carbonyl (C=O) groups excluding carboxylic acids is 1. The van der Waals surface area contributed by atoms with Crippen LogP contribution in [0.3, 0.4) is 0 Å². The molecule has 7 heteroatoms. The van der Waals surface area contributed by atoms with E-state index < -0.39 is 10.0 Å². The van der Waals surface area contributed by atoms with Gasteiger partial charge in [-0.25, -0.2) is 13.6 Å². The van der Waals surface area contributed by atoms with Crippen LogP contribution in [0, 0.1) is 18.8 Å². The van der Waals surface area contributed by atoms with Crippen molar-refractivity contribution in [3.63, 3.8) is 0 Å². The molecule has 118 valence electrons. The van der Waals surface area contributed by atoms with E-state index in [-0.39, 0.29) is 21.4 Å². The lowest BCUT2D eigenvalue weighted by Crippen LogP contribution is -2.30. The summed E-state index contributed by atoms with van der Waals surface area (Å²) in [6.07, 6.45) is 0. The maximum atomic E-state index is 12.1. The average molecular weight is 333 g/mol. The second kappa shape index (κ2) is 6.77. The van der Waals surface area contributed by atoms with Crippen molar-refractivity contribution in [3.8, 4) is 0 Å². The highest BCUT2D eigenvalue weighted by Gasteiger charge is 2.19. The number of carbonyl (C=O) groups is 1. The van der Waals surface area contributed by atoms with Crippen molar-refractivity contribution < 1.29 is 13.2 Å². The third kappa shape index (κ3) is 4.69. The van der Waals surface area contributed by atoms with Crippen molar-refractivity contribution in [2.24, 2.45) is 17.0 Å². The second-order valence-electron chi connectivity index (χ2n) is 5.58. The smallest absolute Gasteiger partial charge is 0.251 e. The molecular weight excluding hydrogens is 312 g/mol. The van der Waals surface area contributed by atoms with E-state index in [2.05, 4.69) is 19.2 Å². The lowest BCUT2D eigenvalue weighted by atomic mass is 9.98. The first-order chi connectivity index (χ1) is 9.54. The van der Waals surface area contributed by atoms with Crippen LogP contribution in [0.15, 0.2) is 17.0 Å². The number of amides is 1. The quantitative estimate of drug-likeness (QED) is 0.867. The van der Waals surface area contributed by atoms with Gasteiger partial charge in [-0.3, -0.25) is 4.79 Å². The highest BCUT2D eigenvalue weighted by atomic mass is 35.5. The Bertz CT molecular complexity index is 642. The summed E-state index contributed by atoms with van der Waals surface area (Å²) in [5, 5.41) is 7.95. The summed E-state index contributed by atoms with van der Waals surface area (Å²) < 4.78 is 23.0. The van der Waals surface area contributed by atoms with Gasteiger partial charge < -0.3 is 5.32 Å². The predicted octanol–water partition coefficient (Wildman–Crippen LogP) is 2.32. The van der Waals surface area contributed by atoms with Gasteiger partial charge in [-0.1, -0.05) is 32.4 Å². The molecule has 21 heavy (non-hydrogen) atoms. The SMILES string of the molecule is Cc1cc(C(=O)NCC(C)C(C)C)cc(S(N)(=O)=O)c1Cl. The highest BCUT2D eigenvalue weighted by Crippen LogP contribution is 2.26. The Morgan fingerprint density at radius 1 is 1.33 bits per heavy atom. The molecule has 0 aliphatic rings. The van der Waals surface area contributed by atoms with Gasteiger partial charge in [0.2, 0.25) is 10.0 Å². The molecule has 5 nitrogen and oxygen atoms in total. The normalized spacial score (nSPS) is 13.3. The maximum Gasteiger partial charge on any atom is 0.251 e. The van der Waals surface area contributed by atoms with E-state index in [0.717, 1.165) is 0 Å². The number of nitrogens with two attached hydrogens (primary N) is 1. The fourth-order valence-electron chi connectivity index (χ4n) is 1.67. The Kier molecular flexibility index (Phi) is 5.78. The van der Waals surface area contributed by atoms with Crippen LogP contribution in [0.1, 0.15) is 36.7 Å². The summed E-state index contributed by atoms with van der Waals surface area (Å²) in [7, 11) is -3.97. The molecule has 0 spiro atoms. The summed E-state index contributed by atoms with van der Waals surface area (Å²) in [5.41, 5.74) is 0.724. The van der Waals surface area contributed by atoms with Crippen LogP contribution in [0.5, 0.6) is 0 Å². The zero-order chi connectivity index (χ0) is 16.4. The van der Waals surface area contributed by atoms with E-state index >= 15 is 0 Å². The molecule has 0 heterocycles. The van der Waals surface area contributed by atoms with Gasteiger partial charge in [0.15, 0.2) is 0 Å². The molecule has 0 saturated heterocycles. The fraction of sp³-hybridized carbons (Fsp3) is 0.500. The first-order valence-electron chi connectivity index (χ1n) is 6.65. The minimum Gasteiger partial charge on any atom is -0.352 e. The Labute approximate surface area is 130 Å². The van der Waals surface area contributed by atoms with Crippen LogP contribution in [-0.2, 0) is 10.0 Å².